The summed E-state index contributed by atoms with van der Waals surface area (Å²) in [5.41, 5.74) is 2.78. The summed E-state index contributed by atoms with van der Waals surface area (Å²) in [6, 6.07) is 5.65. The van der Waals surface area contributed by atoms with Crippen LogP contribution in [0.25, 0.3) is 11.4 Å². The van der Waals surface area contributed by atoms with Crippen LogP contribution in [0.15, 0.2) is 30.6 Å². The van der Waals surface area contributed by atoms with Gasteiger partial charge in [0.15, 0.2) is 5.82 Å². The standard InChI is InChI=1S/C16H19N7O/c1-11-9-12(2)23(22-11)10-15(24)18-8-5-14-19-16(21-20-14)13-3-6-17-7-4-13/h3-4,6-7,9H,5,8,10H2,1-2H3,(H,18,24)(H,19,20,21). The molecule has 8 nitrogen and oxygen atoms in total. The van der Waals surface area contributed by atoms with E-state index in [1.165, 1.54) is 0 Å². The van der Waals surface area contributed by atoms with Gasteiger partial charge in [-0.05, 0) is 32.0 Å². The van der Waals surface area contributed by atoms with Crippen LogP contribution in [0.4, 0.5) is 0 Å². The zero-order valence-corrected chi connectivity index (χ0v) is 13.7. The fraction of sp³-hybridized carbons (Fsp3) is 0.312. The number of amides is 1. The molecule has 24 heavy (non-hydrogen) atoms. The zero-order chi connectivity index (χ0) is 16.9. The third-order valence-corrected chi connectivity index (χ3v) is 3.55. The highest BCUT2D eigenvalue weighted by Gasteiger charge is 2.08. The van der Waals surface area contributed by atoms with E-state index >= 15 is 0 Å². The van der Waals surface area contributed by atoms with Crippen molar-refractivity contribution >= 4 is 5.91 Å². The van der Waals surface area contributed by atoms with Crippen molar-refractivity contribution in [2.75, 3.05) is 6.54 Å². The van der Waals surface area contributed by atoms with Crippen molar-refractivity contribution in [1.82, 2.24) is 35.3 Å². The van der Waals surface area contributed by atoms with Crippen LogP contribution in [0, 0.1) is 13.8 Å². The van der Waals surface area contributed by atoms with Crippen LogP contribution >= 0.6 is 0 Å². The molecule has 0 aliphatic heterocycles. The SMILES string of the molecule is Cc1cc(C)n(CC(=O)NCCc2nc(-c3ccncc3)n[nH]2)n1. The molecule has 0 saturated carbocycles. The van der Waals surface area contributed by atoms with Gasteiger partial charge in [-0.3, -0.25) is 19.6 Å². The van der Waals surface area contributed by atoms with E-state index in [1.54, 1.807) is 17.1 Å². The van der Waals surface area contributed by atoms with Crippen molar-refractivity contribution < 1.29 is 4.79 Å². The molecule has 8 heteroatoms. The molecule has 0 bridgehead atoms. The maximum Gasteiger partial charge on any atom is 0.241 e. The van der Waals surface area contributed by atoms with Gasteiger partial charge in [-0.25, -0.2) is 4.98 Å². The summed E-state index contributed by atoms with van der Waals surface area (Å²) < 4.78 is 1.70. The maximum absolute atomic E-state index is 12.0. The number of H-pyrrole nitrogens is 1. The molecule has 124 valence electrons. The first-order valence-corrected chi connectivity index (χ1v) is 7.71. The first-order valence-electron chi connectivity index (χ1n) is 7.71. The molecule has 2 N–H and O–H groups in total. The number of nitrogens with zero attached hydrogens (tertiary/aromatic N) is 5. The molecular weight excluding hydrogens is 306 g/mol. The highest BCUT2D eigenvalue weighted by molar-refractivity contribution is 5.75. The molecule has 0 radical (unpaired) electrons. The molecule has 0 unspecified atom stereocenters. The van der Waals surface area contributed by atoms with Gasteiger partial charge in [0.2, 0.25) is 5.91 Å². The average molecular weight is 325 g/mol. The third-order valence-electron chi connectivity index (χ3n) is 3.55. The van der Waals surface area contributed by atoms with Crippen LogP contribution in [0.3, 0.4) is 0 Å². The van der Waals surface area contributed by atoms with Gasteiger partial charge in [-0.1, -0.05) is 0 Å². The summed E-state index contributed by atoms with van der Waals surface area (Å²) in [6.45, 7) is 4.55. The highest BCUT2D eigenvalue weighted by atomic mass is 16.2. The lowest BCUT2D eigenvalue weighted by molar-refractivity contribution is -0.121. The fourth-order valence-corrected chi connectivity index (χ4v) is 2.38. The molecule has 0 aliphatic carbocycles. The van der Waals surface area contributed by atoms with Crippen molar-refractivity contribution in [2.45, 2.75) is 26.8 Å². The Bertz CT molecular complexity index is 822. The molecule has 3 aromatic heterocycles. The smallest absolute Gasteiger partial charge is 0.241 e. The third kappa shape index (κ3) is 3.83. The monoisotopic (exact) mass is 325 g/mol. The Morgan fingerprint density at radius 2 is 2.08 bits per heavy atom. The minimum atomic E-state index is -0.0740. The van der Waals surface area contributed by atoms with Crippen LogP contribution in [-0.2, 0) is 17.8 Å². The van der Waals surface area contributed by atoms with Gasteiger partial charge in [-0.2, -0.15) is 10.2 Å². The van der Waals surface area contributed by atoms with Crippen LogP contribution in [0.2, 0.25) is 0 Å². The Labute approximate surface area is 139 Å². The molecule has 0 fully saturated rings. The van der Waals surface area contributed by atoms with Gasteiger partial charge < -0.3 is 5.32 Å². The number of carbonyl (C=O) groups excluding carboxylic acids is 1. The predicted molar refractivity (Wildman–Crippen MR) is 88.0 cm³/mol. The van der Waals surface area contributed by atoms with E-state index in [1.807, 2.05) is 32.0 Å². The number of carbonyl (C=O) groups is 1. The Kier molecular flexibility index (Phi) is 4.64. The summed E-state index contributed by atoms with van der Waals surface area (Å²) in [7, 11) is 0. The minimum absolute atomic E-state index is 0.0740. The lowest BCUT2D eigenvalue weighted by atomic mass is 10.2. The van der Waals surface area contributed by atoms with Crippen LogP contribution in [-0.4, -0.2) is 42.4 Å². The number of aromatic amines is 1. The number of hydrogen-bond donors (Lipinski definition) is 2. The Morgan fingerprint density at radius 3 is 2.79 bits per heavy atom. The van der Waals surface area contributed by atoms with Crippen LogP contribution < -0.4 is 5.32 Å². The Morgan fingerprint density at radius 1 is 1.29 bits per heavy atom. The summed E-state index contributed by atoms with van der Waals surface area (Å²) in [5, 5.41) is 14.2. The number of rotatable bonds is 6. The van der Waals surface area contributed by atoms with E-state index in [4.69, 9.17) is 0 Å². The fourth-order valence-electron chi connectivity index (χ4n) is 2.38. The van der Waals surface area contributed by atoms with Gasteiger partial charge >= 0.3 is 0 Å². The highest BCUT2D eigenvalue weighted by Crippen LogP contribution is 2.12. The first kappa shape index (κ1) is 15.9. The van der Waals surface area contributed by atoms with Crippen LogP contribution in [0.1, 0.15) is 17.2 Å². The molecule has 0 atom stereocenters. The predicted octanol–water partition coefficient (Wildman–Crippen LogP) is 1.04. The second-order valence-electron chi connectivity index (χ2n) is 5.53. The van der Waals surface area contributed by atoms with Gasteiger partial charge in [0.05, 0.1) is 5.69 Å². The quantitative estimate of drug-likeness (QED) is 0.705. The molecule has 3 heterocycles. The number of nitrogens with one attached hydrogen (secondary N) is 2. The van der Waals surface area contributed by atoms with E-state index in [9.17, 15) is 4.79 Å². The normalized spacial score (nSPS) is 10.8. The lowest BCUT2D eigenvalue weighted by Gasteiger charge is -2.05. The molecular formula is C16H19N7O. The van der Waals surface area contributed by atoms with Crippen molar-refractivity contribution in [2.24, 2.45) is 0 Å². The van der Waals surface area contributed by atoms with Gasteiger partial charge in [0.25, 0.3) is 0 Å². The van der Waals surface area contributed by atoms with E-state index in [0.717, 1.165) is 22.8 Å². The summed E-state index contributed by atoms with van der Waals surface area (Å²) in [5.74, 6) is 1.28. The molecule has 1 amide bonds. The topological polar surface area (TPSA) is 101 Å². The second-order valence-corrected chi connectivity index (χ2v) is 5.53. The van der Waals surface area contributed by atoms with E-state index in [-0.39, 0.29) is 12.5 Å². The average Bonchev–Trinajstić information content (AvgIpc) is 3.15. The van der Waals surface area contributed by atoms with Crippen molar-refractivity contribution in [3.8, 4) is 11.4 Å². The second kappa shape index (κ2) is 7.03. The molecule has 0 saturated heterocycles. The maximum atomic E-state index is 12.0. The summed E-state index contributed by atoms with van der Waals surface area (Å²) in [4.78, 5) is 20.3. The Balaban J connectivity index is 1.49. The molecule has 3 rings (SSSR count). The Hall–Kier alpha value is -3.03. The number of aryl methyl sites for hydroxylation is 2. The zero-order valence-electron chi connectivity index (χ0n) is 13.7. The number of aromatic nitrogens is 6. The molecule has 3 aromatic rings. The minimum Gasteiger partial charge on any atom is -0.354 e. The van der Waals surface area contributed by atoms with Crippen molar-refractivity contribution in [3.05, 3.63) is 47.8 Å². The van der Waals surface area contributed by atoms with Crippen LogP contribution in [0.5, 0.6) is 0 Å². The molecule has 0 spiro atoms. The van der Waals surface area contributed by atoms with Gasteiger partial charge in [-0.15, -0.1) is 0 Å². The number of hydrogen-bond acceptors (Lipinski definition) is 5. The van der Waals surface area contributed by atoms with E-state index < -0.39 is 0 Å². The first-order chi connectivity index (χ1) is 11.6. The summed E-state index contributed by atoms with van der Waals surface area (Å²) in [6.07, 6.45) is 3.98. The number of pyridine rings is 1. The van der Waals surface area contributed by atoms with E-state index in [2.05, 4.69) is 30.6 Å². The van der Waals surface area contributed by atoms with Crippen molar-refractivity contribution in [3.63, 3.8) is 0 Å². The summed E-state index contributed by atoms with van der Waals surface area (Å²) >= 11 is 0. The largest absolute Gasteiger partial charge is 0.354 e. The molecule has 0 aromatic carbocycles. The van der Waals surface area contributed by atoms with Gasteiger partial charge in [0.1, 0.15) is 12.4 Å². The van der Waals surface area contributed by atoms with Gasteiger partial charge in [0, 0.05) is 36.6 Å². The lowest BCUT2D eigenvalue weighted by Crippen LogP contribution is -2.30. The van der Waals surface area contributed by atoms with E-state index in [0.29, 0.717) is 18.8 Å². The van der Waals surface area contributed by atoms with Crippen molar-refractivity contribution in [1.29, 1.82) is 0 Å². The molecule has 0 aliphatic rings.